The average Bonchev–Trinajstić information content (AvgIpc) is 1.62. The van der Waals surface area contributed by atoms with Gasteiger partial charge < -0.3 is 18.3 Å². The molecule has 0 saturated carbocycles. The Hall–Kier alpha value is -16.4. The number of para-hydroxylation sites is 4. The van der Waals surface area contributed by atoms with E-state index in [0.717, 1.165) is 22.7 Å². The molecule has 0 N–H and O–H groups in total. The lowest BCUT2D eigenvalue weighted by Gasteiger charge is -2.15. The lowest BCUT2D eigenvalue weighted by atomic mass is 9.94. The molecule has 0 bridgehead atoms. The van der Waals surface area contributed by atoms with Crippen molar-refractivity contribution in [1.82, 2.24) is 18.3 Å². The van der Waals surface area contributed by atoms with E-state index in [0.29, 0.717) is 0 Å². The second-order valence-electron chi connectivity index (χ2n) is 32.2. The molecule has 0 unspecified atom stereocenters. The second kappa shape index (κ2) is 31.1. The molecule has 0 spiro atoms. The zero-order valence-electron chi connectivity index (χ0n) is 68.0. The van der Waals surface area contributed by atoms with Crippen molar-refractivity contribution in [3.05, 3.63) is 485 Å². The number of aromatic nitrogens is 4. The van der Waals surface area contributed by atoms with Crippen LogP contribution in [-0.4, -0.2) is 18.3 Å². The number of benzene rings is 20. The van der Waals surface area contributed by atoms with Crippen LogP contribution < -0.4 is 0 Å². The fraction of sp³-hybridized carbons (Fsp3) is 0. The maximum atomic E-state index is 2.43. The Morgan fingerprint density at radius 1 is 0.0968 bits per heavy atom. The van der Waals surface area contributed by atoms with E-state index >= 15 is 0 Å². The summed E-state index contributed by atoms with van der Waals surface area (Å²) >= 11 is 0. The van der Waals surface area contributed by atoms with E-state index in [2.05, 4.69) is 504 Å². The minimum absolute atomic E-state index is 1.14. The first-order chi connectivity index (χ1) is 61.5. The van der Waals surface area contributed by atoms with Crippen molar-refractivity contribution in [2.45, 2.75) is 0 Å². The SMILES string of the molecule is c1ccc(-c2cccc(-c3cccc(-n4c5ccccc5c5cc(-c6ccc7c(c6)c6ccccc6n7-c6ccc(-c7ccccc7)c(-c7ccccc7)c6)ccc54)c3)c2)cc1.c1ccc(-c2ccccc2-c2cccc(-n3c4ccccc4c4cc(-c5ccc6c(c5)c5ccccc5n6-c5ccc(-c6ccccc6)c(-c6ccccc6)c5)ccc43)c2)cc1. The fourth-order valence-electron chi connectivity index (χ4n) is 19.3. The van der Waals surface area contributed by atoms with Crippen molar-refractivity contribution >= 4 is 87.2 Å². The Morgan fingerprint density at radius 3 is 0.661 bits per heavy atom. The number of rotatable bonds is 14. The average molecular weight is 1580 g/mol. The molecule has 4 heterocycles. The molecule has 124 heavy (non-hydrogen) atoms. The van der Waals surface area contributed by atoms with Gasteiger partial charge in [0.2, 0.25) is 0 Å². The molecule has 4 nitrogen and oxygen atoms in total. The van der Waals surface area contributed by atoms with Crippen LogP contribution in [-0.2, 0) is 0 Å². The van der Waals surface area contributed by atoms with Crippen molar-refractivity contribution in [1.29, 1.82) is 0 Å². The van der Waals surface area contributed by atoms with Gasteiger partial charge in [0.05, 0.1) is 44.1 Å². The highest BCUT2D eigenvalue weighted by molar-refractivity contribution is 6.15. The summed E-state index contributed by atoms with van der Waals surface area (Å²) in [5.74, 6) is 0. The smallest absolute Gasteiger partial charge is 0.0541 e. The fourth-order valence-corrected chi connectivity index (χ4v) is 19.3. The van der Waals surface area contributed by atoms with E-state index in [9.17, 15) is 0 Å². The molecule has 0 aliphatic heterocycles. The summed E-state index contributed by atoms with van der Waals surface area (Å²) in [6, 6.07) is 177. The summed E-state index contributed by atoms with van der Waals surface area (Å²) in [5, 5.41) is 9.92. The molecule has 0 aliphatic rings. The molecule has 580 valence electrons. The van der Waals surface area contributed by atoms with Gasteiger partial charge in [-0.2, -0.15) is 0 Å². The predicted octanol–water partition coefficient (Wildman–Crippen LogP) is 32.4. The second-order valence-corrected chi connectivity index (χ2v) is 32.2. The normalized spacial score (nSPS) is 11.5. The highest BCUT2D eigenvalue weighted by Crippen LogP contribution is 2.46. The lowest BCUT2D eigenvalue weighted by Crippen LogP contribution is -1.96. The van der Waals surface area contributed by atoms with Gasteiger partial charge in [0.15, 0.2) is 0 Å². The van der Waals surface area contributed by atoms with E-state index in [4.69, 9.17) is 0 Å². The first-order valence-corrected chi connectivity index (χ1v) is 42.7. The summed E-state index contributed by atoms with van der Waals surface area (Å²) in [7, 11) is 0. The first-order valence-electron chi connectivity index (χ1n) is 42.7. The van der Waals surface area contributed by atoms with Crippen LogP contribution in [0.25, 0.3) is 221 Å². The Morgan fingerprint density at radius 2 is 0.315 bits per heavy atom. The Labute approximate surface area is 719 Å². The van der Waals surface area contributed by atoms with E-state index in [1.807, 2.05) is 0 Å². The molecule has 0 atom stereocenters. The van der Waals surface area contributed by atoms with Crippen molar-refractivity contribution < 1.29 is 0 Å². The van der Waals surface area contributed by atoms with E-state index in [-0.39, 0.29) is 0 Å². The highest BCUT2D eigenvalue weighted by atomic mass is 15.0. The Balaban J connectivity index is 0.000000143. The van der Waals surface area contributed by atoms with Crippen molar-refractivity contribution in [3.8, 4) is 134 Å². The van der Waals surface area contributed by atoms with Crippen molar-refractivity contribution in [2.75, 3.05) is 0 Å². The van der Waals surface area contributed by atoms with Crippen LogP contribution in [0.15, 0.2) is 485 Å². The molecular weight excluding hydrogens is 1500 g/mol. The lowest BCUT2D eigenvalue weighted by molar-refractivity contribution is 1.18. The van der Waals surface area contributed by atoms with Gasteiger partial charge in [-0.15, -0.1) is 0 Å². The molecule has 0 radical (unpaired) electrons. The summed E-state index contributed by atoms with van der Waals surface area (Å²) in [5.41, 5.74) is 38.3. The number of nitrogens with zero attached hydrogens (tertiary/aromatic N) is 4. The molecule has 24 rings (SSSR count). The molecule has 4 heteroatoms. The van der Waals surface area contributed by atoms with E-state index in [1.54, 1.807) is 0 Å². The first kappa shape index (κ1) is 72.8. The van der Waals surface area contributed by atoms with Crippen LogP contribution in [0.2, 0.25) is 0 Å². The van der Waals surface area contributed by atoms with E-state index < -0.39 is 0 Å². The summed E-state index contributed by atoms with van der Waals surface area (Å²) in [6.07, 6.45) is 0. The molecule has 4 aromatic heterocycles. The minimum atomic E-state index is 1.14. The topological polar surface area (TPSA) is 19.7 Å². The Bertz CT molecular complexity index is 8190. The van der Waals surface area contributed by atoms with Crippen LogP contribution in [0.3, 0.4) is 0 Å². The van der Waals surface area contributed by atoms with Crippen LogP contribution >= 0.6 is 0 Å². The molecule has 0 saturated heterocycles. The maximum absolute atomic E-state index is 2.43. The molecule has 0 amide bonds. The van der Waals surface area contributed by atoms with Crippen LogP contribution in [0.5, 0.6) is 0 Å². The molecular formula is C120H80N4. The zero-order valence-corrected chi connectivity index (χ0v) is 68.0. The van der Waals surface area contributed by atoms with Crippen molar-refractivity contribution in [2.24, 2.45) is 0 Å². The van der Waals surface area contributed by atoms with Gasteiger partial charge >= 0.3 is 0 Å². The summed E-state index contributed by atoms with van der Waals surface area (Å²) < 4.78 is 9.70. The maximum Gasteiger partial charge on any atom is 0.0541 e. The number of hydrogen-bond acceptors (Lipinski definition) is 0. The van der Waals surface area contributed by atoms with Crippen LogP contribution in [0.4, 0.5) is 0 Å². The third-order valence-corrected chi connectivity index (χ3v) is 25.1. The quantitative estimate of drug-likeness (QED) is 0.103. The minimum Gasteiger partial charge on any atom is -0.309 e. The van der Waals surface area contributed by atoms with Crippen molar-refractivity contribution in [3.63, 3.8) is 0 Å². The van der Waals surface area contributed by atoms with Gasteiger partial charge in [-0.05, 0) is 239 Å². The summed E-state index contributed by atoms with van der Waals surface area (Å²) in [4.78, 5) is 0. The van der Waals surface area contributed by atoms with Gasteiger partial charge in [-0.3, -0.25) is 0 Å². The third-order valence-electron chi connectivity index (χ3n) is 25.1. The number of hydrogen-bond donors (Lipinski definition) is 0. The Kier molecular flexibility index (Phi) is 18.2. The van der Waals surface area contributed by atoms with E-state index in [1.165, 1.54) is 198 Å². The summed E-state index contributed by atoms with van der Waals surface area (Å²) in [6.45, 7) is 0. The third kappa shape index (κ3) is 13.0. The zero-order chi connectivity index (χ0) is 82.0. The van der Waals surface area contributed by atoms with Gasteiger partial charge in [0.25, 0.3) is 0 Å². The molecule has 20 aromatic carbocycles. The highest BCUT2D eigenvalue weighted by Gasteiger charge is 2.23. The van der Waals surface area contributed by atoms with Gasteiger partial charge in [-0.1, -0.05) is 358 Å². The monoisotopic (exact) mass is 1580 g/mol. The molecule has 24 aromatic rings. The van der Waals surface area contributed by atoms with Gasteiger partial charge in [0, 0.05) is 65.8 Å². The van der Waals surface area contributed by atoms with Gasteiger partial charge in [0.1, 0.15) is 0 Å². The van der Waals surface area contributed by atoms with Gasteiger partial charge in [-0.25, -0.2) is 0 Å². The standard InChI is InChI=1S/2C60H40N2/c1-4-16-41(17-5-1)44-22-14-23-45(36-44)46-24-15-25-49(37-46)61-57-28-12-10-26-52(57)55-38-47(30-34-59(55)61)48-31-35-60-56(39-48)53-27-11-13-29-58(53)62(60)50-32-33-51(42-18-6-2-7-19-42)54(40-50)43-20-8-3-9-21-43;1-4-17-41(18-5-1)49-25-10-11-26-50(49)46-23-16-24-47(37-46)61-57-29-14-12-27-52(57)55-38-44(31-35-59(55)61)45-32-36-60-56(39-45)53-28-13-15-30-58(53)62(60)48-33-34-51(42-19-6-2-7-20-42)54(40-48)43-21-8-3-9-22-43/h2*1-40H. The van der Waals surface area contributed by atoms with Crippen LogP contribution in [0.1, 0.15) is 0 Å². The molecule has 0 aliphatic carbocycles. The largest absolute Gasteiger partial charge is 0.309 e. The number of fused-ring (bicyclic) bond motifs is 12. The van der Waals surface area contributed by atoms with Crippen LogP contribution in [0, 0.1) is 0 Å². The molecule has 0 fully saturated rings. The predicted molar refractivity (Wildman–Crippen MR) is 525 cm³/mol.